The monoisotopic (exact) mass is 258 g/mol. The van der Waals surface area contributed by atoms with Gasteiger partial charge in [-0.15, -0.1) is 11.3 Å². The maximum atomic E-state index is 11.6. The second-order valence-electron chi connectivity index (χ2n) is 3.97. The summed E-state index contributed by atoms with van der Waals surface area (Å²) in [4.78, 5) is 12.6. The minimum absolute atomic E-state index is 0.105. The van der Waals surface area contributed by atoms with Gasteiger partial charge in [0.1, 0.15) is 0 Å². The summed E-state index contributed by atoms with van der Waals surface area (Å²) in [6, 6.07) is 11.8. The number of carbonyl (C=O) groups excluding carboxylic acids is 1. The molecule has 1 aromatic carbocycles. The quantitative estimate of drug-likeness (QED) is 0.665. The first-order valence-corrected chi connectivity index (χ1v) is 6.53. The number of nitrogens with one attached hydrogen (secondary N) is 1. The minimum atomic E-state index is -0.105. The maximum absolute atomic E-state index is 11.6. The molecule has 2 rings (SSSR count). The van der Waals surface area contributed by atoms with Crippen molar-refractivity contribution in [1.29, 1.82) is 0 Å². The van der Waals surface area contributed by atoms with E-state index in [4.69, 9.17) is 0 Å². The van der Waals surface area contributed by atoms with Crippen LogP contribution in [0.4, 0.5) is 0 Å². The zero-order chi connectivity index (χ0) is 12.8. The van der Waals surface area contributed by atoms with Crippen LogP contribution in [-0.2, 0) is 11.2 Å². The van der Waals surface area contributed by atoms with Crippen molar-refractivity contribution in [3.8, 4) is 0 Å². The molecule has 2 aromatic rings. The van der Waals surface area contributed by atoms with Gasteiger partial charge in [0.15, 0.2) is 0 Å². The van der Waals surface area contributed by atoms with Crippen LogP contribution in [0.2, 0.25) is 0 Å². The van der Waals surface area contributed by atoms with Gasteiger partial charge in [-0.3, -0.25) is 4.79 Å². The van der Waals surface area contributed by atoms with Crippen LogP contribution >= 0.6 is 11.3 Å². The lowest BCUT2D eigenvalue weighted by Crippen LogP contribution is -2.19. The molecule has 0 saturated carbocycles. The van der Waals surface area contributed by atoms with Crippen LogP contribution in [0, 0.1) is 6.92 Å². The van der Waals surface area contributed by atoms with Crippen LogP contribution < -0.4 is 5.43 Å². The second kappa shape index (κ2) is 6.12. The Morgan fingerprint density at radius 1 is 1.33 bits per heavy atom. The normalized spacial score (nSPS) is 10.7. The number of rotatable bonds is 4. The highest BCUT2D eigenvalue weighted by Gasteiger charge is 2.01. The molecule has 1 aromatic heterocycles. The van der Waals surface area contributed by atoms with Gasteiger partial charge in [-0.2, -0.15) is 5.10 Å². The van der Waals surface area contributed by atoms with E-state index >= 15 is 0 Å². The van der Waals surface area contributed by atoms with Gasteiger partial charge in [0, 0.05) is 4.88 Å². The van der Waals surface area contributed by atoms with E-state index in [2.05, 4.69) is 10.5 Å². The Labute approximate surface area is 110 Å². The molecule has 18 heavy (non-hydrogen) atoms. The third kappa shape index (κ3) is 3.82. The number of hydrazone groups is 1. The molecule has 0 aliphatic rings. The highest BCUT2D eigenvalue weighted by atomic mass is 32.1. The Hall–Kier alpha value is -1.94. The average Bonchev–Trinajstić information content (AvgIpc) is 2.85. The number of hydrogen-bond acceptors (Lipinski definition) is 3. The number of benzene rings is 1. The van der Waals surface area contributed by atoms with E-state index in [1.165, 1.54) is 5.56 Å². The molecule has 3 nitrogen and oxygen atoms in total. The van der Waals surface area contributed by atoms with Crippen LogP contribution in [0.25, 0.3) is 0 Å². The third-order valence-corrected chi connectivity index (χ3v) is 3.22. The summed E-state index contributed by atoms with van der Waals surface area (Å²) in [5.74, 6) is -0.105. The van der Waals surface area contributed by atoms with Crippen molar-refractivity contribution in [3.63, 3.8) is 0 Å². The summed E-state index contributed by atoms with van der Waals surface area (Å²) in [5.41, 5.74) is 4.70. The topological polar surface area (TPSA) is 41.5 Å². The number of carbonyl (C=O) groups is 1. The Balaban J connectivity index is 1.84. The lowest BCUT2D eigenvalue weighted by atomic mass is 10.1. The van der Waals surface area contributed by atoms with E-state index < -0.39 is 0 Å². The van der Waals surface area contributed by atoms with Crippen LogP contribution in [0.3, 0.4) is 0 Å². The fourth-order valence-corrected chi connectivity index (χ4v) is 2.05. The predicted molar refractivity (Wildman–Crippen MR) is 74.9 cm³/mol. The van der Waals surface area contributed by atoms with Crippen LogP contribution in [0.1, 0.15) is 16.0 Å². The number of nitrogens with zero attached hydrogens (tertiary/aromatic N) is 1. The van der Waals surface area contributed by atoms with Crippen LogP contribution in [0.15, 0.2) is 46.9 Å². The molecule has 0 spiro atoms. The first kappa shape index (κ1) is 12.5. The Morgan fingerprint density at radius 2 is 2.11 bits per heavy atom. The number of amides is 1. The van der Waals surface area contributed by atoms with Crippen molar-refractivity contribution >= 4 is 23.5 Å². The summed E-state index contributed by atoms with van der Waals surface area (Å²) in [7, 11) is 0. The maximum Gasteiger partial charge on any atom is 0.244 e. The zero-order valence-corrected chi connectivity index (χ0v) is 10.9. The molecule has 0 bridgehead atoms. The molecule has 1 heterocycles. The minimum Gasteiger partial charge on any atom is -0.273 e. The summed E-state index contributed by atoms with van der Waals surface area (Å²) >= 11 is 1.58. The van der Waals surface area contributed by atoms with Gasteiger partial charge in [-0.05, 0) is 23.9 Å². The van der Waals surface area contributed by atoms with E-state index in [0.717, 1.165) is 10.4 Å². The van der Waals surface area contributed by atoms with E-state index in [9.17, 15) is 4.79 Å². The van der Waals surface area contributed by atoms with Gasteiger partial charge in [0.25, 0.3) is 0 Å². The van der Waals surface area contributed by atoms with Gasteiger partial charge in [0.2, 0.25) is 5.91 Å². The molecule has 0 atom stereocenters. The number of aryl methyl sites for hydroxylation is 1. The molecule has 1 N–H and O–H groups in total. The summed E-state index contributed by atoms with van der Waals surface area (Å²) < 4.78 is 0. The predicted octanol–water partition coefficient (Wildman–Crippen LogP) is 2.75. The van der Waals surface area contributed by atoms with Gasteiger partial charge in [-0.1, -0.05) is 35.9 Å². The fourth-order valence-electron chi connectivity index (χ4n) is 1.46. The van der Waals surface area contributed by atoms with E-state index in [0.29, 0.717) is 6.42 Å². The molecule has 0 aliphatic heterocycles. The van der Waals surface area contributed by atoms with Crippen molar-refractivity contribution < 1.29 is 4.79 Å². The highest BCUT2D eigenvalue weighted by Crippen LogP contribution is 2.05. The molecule has 0 saturated heterocycles. The van der Waals surface area contributed by atoms with Gasteiger partial charge < -0.3 is 0 Å². The lowest BCUT2D eigenvalue weighted by molar-refractivity contribution is -0.120. The molecule has 92 valence electrons. The molecule has 0 unspecified atom stereocenters. The summed E-state index contributed by atoms with van der Waals surface area (Å²) in [5, 5.41) is 5.88. The van der Waals surface area contributed by atoms with Crippen LogP contribution in [-0.4, -0.2) is 12.1 Å². The molecular weight excluding hydrogens is 244 g/mol. The Kier molecular flexibility index (Phi) is 4.25. The van der Waals surface area contributed by atoms with Crippen molar-refractivity contribution in [2.24, 2.45) is 5.10 Å². The lowest BCUT2D eigenvalue weighted by Gasteiger charge is -2.00. The largest absolute Gasteiger partial charge is 0.273 e. The van der Waals surface area contributed by atoms with Gasteiger partial charge in [-0.25, -0.2) is 5.43 Å². The van der Waals surface area contributed by atoms with Crippen molar-refractivity contribution in [3.05, 3.63) is 57.8 Å². The summed E-state index contributed by atoms with van der Waals surface area (Å²) in [6.07, 6.45) is 2.00. The highest BCUT2D eigenvalue weighted by molar-refractivity contribution is 7.11. The van der Waals surface area contributed by atoms with Crippen molar-refractivity contribution in [2.45, 2.75) is 13.3 Å². The van der Waals surface area contributed by atoms with Crippen LogP contribution in [0.5, 0.6) is 0 Å². The number of hydrogen-bond donors (Lipinski definition) is 1. The molecule has 0 radical (unpaired) electrons. The first-order chi connectivity index (χ1) is 8.74. The number of thiophene rings is 1. The van der Waals surface area contributed by atoms with E-state index in [1.54, 1.807) is 17.6 Å². The van der Waals surface area contributed by atoms with E-state index in [1.807, 2.05) is 48.7 Å². The van der Waals surface area contributed by atoms with Gasteiger partial charge >= 0.3 is 0 Å². The third-order valence-electron chi connectivity index (χ3n) is 2.41. The first-order valence-electron chi connectivity index (χ1n) is 5.65. The SMILES string of the molecule is Cc1ccc(CC(=O)N/N=C\c2cccs2)cc1. The Bertz CT molecular complexity index is 529. The molecule has 0 fully saturated rings. The average molecular weight is 258 g/mol. The Morgan fingerprint density at radius 3 is 2.78 bits per heavy atom. The van der Waals surface area contributed by atoms with Crippen molar-refractivity contribution in [2.75, 3.05) is 0 Å². The van der Waals surface area contributed by atoms with Crippen molar-refractivity contribution in [1.82, 2.24) is 5.43 Å². The second-order valence-corrected chi connectivity index (χ2v) is 4.95. The standard InChI is InChI=1S/C14H14N2OS/c1-11-4-6-12(7-5-11)9-14(17)16-15-10-13-3-2-8-18-13/h2-8,10H,9H2,1H3,(H,16,17)/b15-10-. The molecule has 1 amide bonds. The molecule has 4 heteroatoms. The van der Waals surface area contributed by atoms with Gasteiger partial charge in [0.05, 0.1) is 12.6 Å². The molecule has 0 aliphatic carbocycles. The fraction of sp³-hybridized carbons (Fsp3) is 0.143. The smallest absolute Gasteiger partial charge is 0.244 e. The van der Waals surface area contributed by atoms with E-state index in [-0.39, 0.29) is 5.91 Å². The molecular formula is C14H14N2OS. The summed E-state index contributed by atoms with van der Waals surface area (Å²) in [6.45, 7) is 2.02. The zero-order valence-electron chi connectivity index (χ0n) is 10.1.